The molecular formula is C36H45ClN6O5S2. The van der Waals surface area contributed by atoms with E-state index in [4.69, 9.17) is 9.72 Å². The minimum absolute atomic E-state index is 0. The van der Waals surface area contributed by atoms with Crippen LogP contribution in [0.25, 0.3) is 21.6 Å². The van der Waals surface area contributed by atoms with E-state index in [0.29, 0.717) is 18.2 Å². The van der Waals surface area contributed by atoms with Gasteiger partial charge < -0.3 is 19.7 Å². The normalized spacial score (nSPS) is 12.6. The topological polar surface area (TPSA) is 148 Å². The first-order chi connectivity index (χ1) is 23.0. The van der Waals surface area contributed by atoms with E-state index in [9.17, 15) is 18.3 Å². The molecule has 50 heavy (non-hydrogen) atoms. The van der Waals surface area contributed by atoms with Crippen LogP contribution in [0.2, 0.25) is 0 Å². The van der Waals surface area contributed by atoms with Crippen LogP contribution in [-0.2, 0) is 23.6 Å². The van der Waals surface area contributed by atoms with E-state index in [0.717, 1.165) is 44.5 Å². The highest BCUT2D eigenvalue weighted by Gasteiger charge is 2.23. The number of carbonyl (C=O) groups is 1. The highest BCUT2D eigenvalue weighted by molar-refractivity contribution is 7.92. The predicted octanol–water partition coefficient (Wildman–Crippen LogP) is 7.73. The third-order valence-electron chi connectivity index (χ3n) is 8.14. The van der Waals surface area contributed by atoms with Crippen molar-refractivity contribution in [3.05, 3.63) is 82.0 Å². The van der Waals surface area contributed by atoms with Gasteiger partial charge in [-0.15, -0.1) is 23.7 Å². The number of aromatic carboxylic acids is 1. The summed E-state index contributed by atoms with van der Waals surface area (Å²) in [5, 5.41) is 14.0. The molecule has 3 heterocycles. The summed E-state index contributed by atoms with van der Waals surface area (Å²) in [6.07, 6.45) is 0.795. The lowest BCUT2D eigenvalue weighted by molar-refractivity contribution is 0.0696. The third kappa shape index (κ3) is 9.19. The van der Waals surface area contributed by atoms with Gasteiger partial charge in [0.25, 0.3) is 10.0 Å². The summed E-state index contributed by atoms with van der Waals surface area (Å²) >= 11 is 1.68. The van der Waals surface area contributed by atoms with Crippen LogP contribution in [0.5, 0.6) is 5.88 Å². The number of sulfonamides is 1. The predicted molar refractivity (Wildman–Crippen MR) is 201 cm³/mol. The zero-order valence-electron chi connectivity index (χ0n) is 29.6. The fourth-order valence-electron chi connectivity index (χ4n) is 5.90. The van der Waals surface area contributed by atoms with Crippen molar-refractivity contribution >= 4 is 56.0 Å². The van der Waals surface area contributed by atoms with Gasteiger partial charge in [0.1, 0.15) is 11.6 Å². The van der Waals surface area contributed by atoms with Crippen molar-refractivity contribution in [1.82, 2.24) is 24.8 Å². The molecule has 0 unspecified atom stereocenters. The van der Waals surface area contributed by atoms with Crippen molar-refractivity contribution in [3.63, 3.8) is 0 Å². The Morgan fingerprint density at radius 1 is 1.02 bits per heavy atom. The number of nitrogens with zero attached hydrogens (tertiary/aromatic N) is 4. The Balaban J connectivity index is 0.00000562. The lowest BCUT2D eigenvalue weighted by Crippen LogP contribution is -2.37. The van der Waals surface area contributed by atoms with Crippen molar-refractivity contribution < 1.29 is 23.1 Å². The Hall–Kier alpha value is -4.04. The largest absolute Gasteiger partial charge is 0.478 e. The molecular weight excluding hydrogens is 696 g/mol. The number of carboxylic acids is 1. The lowest BCUT2D eigenvalue weighted by atomic mass is 9.88. The summed E-state index contributed by atoms with van der Waals surface area (Å²) in [6.45, 7) is 15.6. The van der Waals surface area contributed by atoms with E-state index in [-0.39, 0.29) is 52.8 Å². The van der Waals surface area contributed by atoms with E-state index in [1.165, 1.54) is 23.9 Å². The maximum atomic E-state index is 13.4. The SMILES string of the molecule is Cc1cccc(C)c1-c1cc(OC[C@@H](CC(C)(C)C)NCc2nc3c(cc(C(C)C)n3C)s2)nc(NS(=O)(=O)c2cccc(C(=O)O)c2)n1.Cl. The zero-order valence-corrected chi connectivity index (χ0v) is 32.0. The van der Waals surface area contributed by atoms with Gasteiger partial charge >= 0.3 is 5.97 Å². The minimum atomic E-state index is -4.23. The average molecular weight is 741 g/mol. The fraction of sp³-hybridized carbons (Fsp3) is 0.389. The molecule has 3 N–H and O–H groups in total. The lowest BCUT2D eigenvalue weighted by Gasteiger charge is -2.26. The smallest absolute Gasteiger partial charge is 0.335 e. The summed E-state index contributed by atoms with van der Waals surface area (Å²) in [5.74, 6) is -0.807. The summed E-state index contributed by atoms with van der Waals surface area (Å²) in [5.41, 5.74) is 5.32. The van der Waals surface area contributed by atoms with Crippen LogP contribution in [0.1, 0.15) is 79.1 Å². The van der Waals surface area contributed by atoms with E-state index in [1.54, 1.807) is 17.4 Å². The quantitative estimate of drug-likeness (QED) is 0.110. The molecule has 11 nitrogen and oxygen atoms in total. The molecule has 0 saturated heterocycles. The Kier molecular flexibility index (Phi) is 12.0. The van der Waals surface area contributed by atoms with Gasteiger partial charge in [0.2, 0.25) is 11.8 Å². The Labute approximate surface area is 304 Å². The van der Waals surface area contributed by atoms with Gasteiger partial charge in [-0.2, -0.15) is 4.98 Å². The Bertz CT molecular complexity index is 2080. The van der Waals surface area contributed by atoms with Crippen LogP contribution in [0.15, 0.2) is 59.5 Å². The van der Waals surface area contributed by atoms with Gasteiger partial charge in [0.15, 0.2) is 5.65 Å². The fourth-order valence-corrected chi connectivity index (χ4v) is 7.88. The summed E-state index contributed by atoms with van der Waals surface area (Å²) < 4.78 is 38.9. The van der Waals surface area contributed by atoms with Gasteiger partial charge in [0.05, 0.1) is 20.9 Å². The molecule has 0 aliphatic carbocycles. The molecule has 268 valence electrons. The van der Waals surface area contributed by atoms with Crippen LogP contribution in [0, 0.1) is 19.3 Å². The molecule has 14 heteroatoms. The van der Waals surface area contributed by atoms with Gasteiger partial charge in [0, 0.05) is 37.0 Å². The molecule has 0 aliphatic rings. The van der Waals surface area contributed by atoms with Crippen LogP contribution < -0.4 is 14.8 Å². The molecule has 3 aromatic heterocycles. The van der Waals surface area contributed by atoms with E-state index in [2.05, 4.69) is 72.3 Å². The molecule has 0 amide bonds. The molecule has 5 rings (SSSR count). The number of carboxylic acid groups (broad SMARTS) is 1. The second-order valence-corrected chi connectivity index (χ2v) is 16.6. The molecule has 0 bridgehead atoms. The molecule has 0 aliphatic heterocycles. The van der Waals surface area contributed by atoms with Crippen molar-refractivity contribution in [3.8, 4) is 17.1 Å². The van der Waals surface area contributed by atoms with Gasteiger partial charge in [-0.05, 0) is 67.0 Å². The van der Waals surface area contributed by atoms with Crippen molar-refractivity contribution in [2.24, 2.45) is 12.5 Å². The number of fused-ring (bicyclic) bond motifs is 1. The highest BCUT2D eigenvalue weighted by Crippen LogP contribution is 2.31. The first-order valence-corrected chi connectivity index (χ1v) is 18.4. The number of nitrogens with one attached hydrogen (secondary N) is 2. The highest BCUT2D eigenvalue weighted by atomic mass is 35.5. The zero-order chi connectivity index (χ0) is 35.7. The first kappa shape index (κ1) is 38.8. The second-order valence-electron chi connectivity index (χ2n) is 13.9. The van der Waals surface area contributed by atoms with Crippen molar-refractivity contribution in [2.45, 2.75) is 78.3 Å². The van der Waals surface area contributed by atoms with Crippen molar-refractivity contribution in [2.75, 3.05) is 11.3 Å². The molecule has 0 radical (unpaired) electrons. The standard InChI is InChI=1S/C36H44N6O5S2.ClH/c1-21(2)28-17-29-33(42(28)8)40-31(48-29)19-37-25(18-36(5,6)7)20-47-30-16-27(32-22(3)11-9-12-23(32)4)38-35(39-30)41-49(45,46)26-14-10-13-24(15-26)34(43)44;/h9-17,21,25,37H,18-20H2,1-8H3,(H,43,44)(H,38,39,41);1H/t25-;/m1./s1. The number of ether oxygens (including phenoxy) is 1. The average Bonchev–Trinajstić information content (AvgIpc) is 3.56. The number of rotatable bonds is 13. The van der Waals surface area contributed by atoms with Crippen LogP contribution in [0.4, 0.5) is 5.95 Å². The minimum Gasteiger partial charge on any atom is -0.478 e. The van der Waals surface area contributed by atoms with Crippen LogP contribution in [-0.4, -0.2) is 51.7 Å². The third-order valence-corrected chi connectivity index (χ3v) is 10.5. The first-order valence-electron chi connectivity index (χ1n) is 16.1. The number of halogens is 1. The second kappa shape index (κ2) is 15.5. The number of hydrogen-bond acceptors (Lipinski definition) is 9. The van der Waals surface area contributed by atoms with E-state index in [1.807, 2.05) is 32.0 Å². The van der Waals surface area contributed by atoms with E-state index < -0.39 is 16.0 Å². The number of thiazole rings is 1. The number of aromatic nitrogens is 4. The van der Waals surface area contributed by atoms with Crippen LogP contribution >= 0.6 is 23.7 Å². The van der Waals surface area contributed by atoms with Crippen LogP contribution in [0.3, 0.4) is 0 Å². The maximum Gasteiger partial charge on any atom is 0.335 e. The number of hydrogen-bond donors (Lipinski definition) is 3. The number of anilines is 1. The monoisotopic (exact) mass is 740 g/mol. The Morgan fingerprint density at radius 2 is 1.70 bits per heavy atom. The van der Waals surface area contributed by atoms with E-state index >= 15 is 0 Å². The molecule has 0 fully saturated rings. The van der Waals surface area contributed by atoms with Gasteiger partial charge in [-0.3, -0.25) is 0 Å². The van der Waals surface area contributed by atoms with Gasteiger partial charge in [-0.25, -0.2) is 27.9 Å². The summed E-state index contributed by atoms with van der Waals surface area (Å²) in [4.78, 5) is 25.2. The summed E-state index contributed by atoms with van der Waals surface area (Å²) in [7, 11) is -2.17. The summed E-state index contributed by atoms with van der Waals surface area (Å²) in [6, 6.07) is 14.8. The maximum absolute atomic E-state index is 13.4. The van der Waals surface area contributed by atoms with Crippen molar-refractivity contribution in [1.29, 1.82) is 0 Å². The molecule has 0 saturated carbocycles. The molecule has 0 spiro atoms. The number of benzene rings is 2. The molecule has 1 atom stereocenters. The van der Waals surface area contributed by atoms with Gasteiger partial charge in [-0.1, -0.05) is 58.9 Å². The Morgan fingerprint density at radius 3 is 2.32 bits per heavy atom. The number of aryl methyl sites for hydroxylation is 3. The molecule has 5 aromatic rings. The molecule has 2 aromatic carbocycles.